The van der Waals surface area contributed by atoms with Crippen molar-refractivity contribution in [2.75, 3.05) is 18.0 Å². The summed E-state index contributed by atoms with van der Waals surface area (Å²) >= 11 is 0. The maximum atomic E-state index is 13.3. The second-order valence-electron chi connectivity index (χ2n) is 5.48. The molecule has 106 valence electrons. The largest absolute Gasteiger partial charge is 0.366 e. The third-order valence-corrected chi connectivity index (χ3v) is 3.71. The predicted octanol–water partition coefficient (Wildman–Crippen LogP) is 2.93. The number of halogens is 3. The van der Waals surface area contributed by atoms with Gasteiger partial charge in [-0.2, -0.15) is 0 Å². The Balaban J connectivity index is 2.28. The van der Waals surface area contributed by atoms with Crippen LogP contribution >= 0.6 is 0 Å². The maximum Gasteiger partial charge on any atom is 0.194 e. The Morgan fingerprint density at radius 2 is 1.79 bits per heavy atom. The Morgan fingerprint density at radius 3 is 2.32 bits per heavy atom. The third-order valence-electron chi connectivity index (χ3n) is 3.71. The van der Waals surface area contributed by atoms with Crippen molar-refractivity contribution in [2.45, 2.75) is 32.9 Å². The summed E-state index contributed by atoms with van der Waals surface area (Å²) < 4.78 is 39.6. The Bertz CT molecular complexity index is 439. The normalized spacial score (nSPS) is 24.1. The van der Waals surface area contributed by atoms with Crippen molar-refractivity contribution in [1.29, 1.82) is 0 Å². The molecule has 2 nitrogen and oxygen atoms in total. The number of benzene rings is 1. The van der Waals surface area contributed by atoms with Crippen LogP contribution in [-0.2, 0) is 0 Å². The maximum absolute atomic E-state index is 13.3. The molecule has 0 bridgehead atoms. The Labute approximate surface area is 111 Å². The lowest BCUT2D eigenvalue weighted by Gasteiger charge is -2.42. The summed E-state index contributed by atoms with van der Waals surface area (Å²) in [6, 6.07) is 2.50. The first-order valence-electron chi connectivity index (χ1n) is 6.54. The highest BCUT2D eigenvalue weighted by molar-refractivity contribution is 5.49. The quantitative estimate of drug-likeness (QED) is 0.833. The lowest BCUT2D eigenvalue weighted by atomic mass is 9.99. The molecule has 2 rings (SSSR count). The van der Waals surface area contributed by atoms with E-state index in [0.29, 0.717) is 18.2 Å². The summed E-state index contributed by atoms with van der Waals surface area (Å²) in [7, 11) is 0. The van der Waals surface area contributed by atoms with Gasteiger partial charge in [0.15, 0.2) is 17.5 Å². The van der Waals surface area contributed by atoms with Crippen molar-refractivity contribution >= 4 is 5.69 Å². The number of rotatable bonds is 2. The van der Waals surface area contributed by atoms with E-state index in [2.05, 4.69) is 19.2 Å². The molecule has 1 aliphatic heterocycles. The molecular formula is C14H19F3N2. The molecule has 0 aliphatic carbocycles. The summed E-state index contributed by atoms with van der Waals surface area (Å²) in [4.78, 5) is 1.92. The fourth-order valence-corrected chi connectivity index (χ4v) is 2.40. The van der Waals surface area contributed by atoms with Crippen LogP contribution in [0, 0.1) is 23.4 Å². The molecular weight excluding hydrogens is 253 g/mol. The number of hydrogen-bond donors (Lipinski definition) is 1. The van der Waals surface area contributed by atoms with Crippen LogP contribution in [0.4, 0.5) is 18.9 Å². The molecule has 1 aliphatic rings. The van der Waals surface area contributed by atoms with Gasteiger partial charge >= 0.3 is 0 Å². The third kappa shape index (κ3) is 2.86. The standard InChI is InChI=1S/C14H19F3N2/c1-8(2)13-7-19(9(3)6-18-13)10-4-11(15)14(17)12(16)5-10/h4-5,8-9,13,18H,6-7H2,1-3H3. The van der Waals surface area contributed by atoms with Gasteiger partial charge in [0.05, 0.1) is 0 Å². The van der Waals surface area contributed by atoms with Gasteiger partial charge in [0.2, 0.25) is 0 Å². The van der Waals surface area contributed by atoms with Crippen LogP contribution in [0.2, 0.25) is 0 Å². The molecule has 1 fully saturated rings. The fourth-order valence-electron chi connectivity index (χ4n) is 2.40. The predicted molar refractivity (Wildman–Crippen MR) is 69.8 cm³/mol. The van der Waals surface area contributed by atoms with Crippen molar-refractivity contribution in [2.24, 2.45) is 5.92 Å². The van der Waals surface area contributed by atoms with Gasteiger partial charge in [-0.3, -0.25) is 0 Å². The smallest absolute Gasteiger partial charge is 0.194 e. The van der Waals surface area contributed by atoms with E-state index in [1.165, 1.54) is 0 Å². The molecule has 1 aromatic carbocycles. The minimum absolute atomic E-state index is 0.110. The van der Waals surface area contributed by atoms with Gasteiger partial charge < -0.3 is 10.2 Å². The monoisotopic (exact) mass is 272 g/mol. The zero-order chi connectivity index (χ0) is 14.2. The lowest BCUT2D eigenvalue weighted by Crippen LogP contribution is -2.57. The van der Waals surface area contributed by atoms with Crippen molar-refractivity contribution in [3.05, 3.63) is 29.6 Å². The molecule has 0 spiro atoms. The van der Waals surface area contributed by atoms with Gasteiger partial charge in [-0.15, -0.1) is 0 Å². The number of hydrogen-bond acceptors (Lipinski definition) is 2. The van der Waals surface area contributed by atoms with Crippen LogP contribution in [-0.4, -0.2) is 25.2 Å². The molecule has 19 heavy (non-hydrogen) atoms. The van der Waals surface area contributed by atoms with Crippen LogP contribution in [0.1, 0.15) is 20.8 Å². The van der Waals surface area contributed by atoms with Gasteiger partial charge in [0.1, 0.15) is 0 Å². The molecule has 1 heterocycles. The minimum Gasteiger partial charge on any atom is -0.366 e. The van der Waals surface area contributed by atoms with Crippen LogP contribution < -0.4 is 10.2 Å². The summed E-state index contributed by atoms with van der Waals surface area (Å²) in [6.07, 6.45) is 0. The van der Waals surface area contributed by atoms with Gasteiger partial charge in [-0.05, 0) is 12.8 Å². The molecule has 0 amide bonds. The average molecular weight is 272 g/mol. The highest BCUT2D eigenvalue weighted by Crippen LogP contribution is 2.25. The minimum atomic E-state index is -1.41. The van der Waals surface area contributed by atoms with E-state index in [1.807, 2.05) is 11.8 Å². The molecule has 1 aromatic rings. The zero-order valence-corrected chi connectivity index (χ0v) is 11.4. The first-order chi connectivity index (χ1) is 8.90. The topological polar surface area (TPSA) is 15.3 Å². The van der Waals surface area contributed by atoms with Gasteiger partial charge in [-0.1, -0.05) is 13.8 Å². The average Bonchev–Trinajstić information content (AvgIpc) is 2.35. The van der Waals surface area contributed by atoms with Crippen molar-refractivity contribution in [1.82, 2.24) is 5.32 Å². The van der Waals surface area contributed by atoms with Crippen molar-refractivity contribution in [3.63, 3.8) is 0 Å². The summed E-state index contributed by atoms with van der Waals surface area (Å²) in [6.45, 7) is 7.56. The number of nitrogens with one attached hydrogen (secondary N) is 1. The zero-order valence-electron chi connectivity index (χ0n) is 11.4. The molecule has 0 radical (unpaired) electrons. The van der Waals surface area contributed by atoms with Crippen LogP contribution in [0.3, 0.4) is 0 Å². The molecule has 5 heteroatoms. The molecule has 2 atom stereocenters. The van der Waals surface area contributed by atoms with Crippen LogP contribution in [0.15, 0.2) is 12.1 Å². The van der Waals surface area contributed by atoms with Crippen LogP contribution in [0.5, 0.6) is 0 Å². The Morgan fingerprint density at radius 1 is 1.21 bits per heavy atom. The Hall–Kier alpha value is -1.23. The number of nitrogens with zero attached hydrogens (tertiary/aromatic N) is 1. The first kappa shape index (κ1) is 14.2. The highest BCUT2D eigenvalue weighted by Gasteiger charge is 2.28. The van der Waals surface area contributed by atoms with E-state index in [4.69, 9.17) is 0 Å². The van der Waals surface area contributed by atoms with E-state index in [9.17, 15) is 13.2 Å². The van der Waals surface area contributed by atoms with Crippen LogP contribution in [0.25, 0.3) is 0 Å². The van der Waals surface area contributed by atoms with Gasteiger partial charge in [0.25, 0.3) is 0 Å². The summed E-state index contributed by atoms with van der Waals surface area (Å²) in [5, 5.41) is 3.41. The molecule has 2 unspecified atom stereocenters. The van der Waals surface area contributed by atoms with E-state index in [0.717, 1.165) is 18.7 Å². The Kier molecular flexibility index (Phi) is 4.04. The van der Waals surface area contributed by atoms with Crippen molar-refractivity contribution in [3.8, 4) is 0 Å². The summed E-state index contributed by atoms with van der Waals surface area (Å²) in [5.41, 5.74) is 0.399. The molecule has 0 aromatic heterocycles. The summed E-state index contributed by atoms with van der Waals surface area (Å²) in [5.74, 6) is -3.26. The highest BCUT2D eigenvalue weighted by atomic mass is 19.2. The van der Waals surface area contributed by atoms with E-state index < -0.39 is 17.5 Å². The van der Waals surface area contributed by atoms with Crippen molar-refractivity contribution < 1.29 is 13.2 Å². The number of anilines is 1. The number of piperazine rings is 1. The van der Waals surface area contributed by atoms with E-state index >= 15 is 0 Å². The lowest BCUT2D eigenvalue weighted by molar-refractivity contribution is 0.336. The van der Waals surface area contributed by atoms with Gasteiger partial charge in [0, 0.05) is 43.0 Å². The molecule has 0 saturated carbocycles. The second kappa shape index (κ2) is 5.41. The van der Waals surface area contributed by atoms with Gasteiger partial charge in [-0.25, -0.2) is 13.2 Å². The first-order valence-corrected chi connectivity index (χ1v) is 6.54. The molecule has 1 N–H and O–H groups in total. The fraction of sp³-hybridized carbons (Fsp3) is 0.571. The second-order valence-corrected chi connectivity index (χ2v) is 5.48. The van der Waals surface area contributed by atoms with E-state index in [-0.39, 0.29) is 12.1 Å². The molecule has 1 saturated heterocycles. The van der Waals surface area contributed by atoms with E-state index in [1.54, 1.807) is 0 Å². The SMILES string of the molecule is CC(C)C1CN(c2cc(F)c(F)c(F)c2)C(C)CN1.